The molecule has 1 aromatic carbocycles. The molecule has 21 heavy (non-hydrogen) atoms. The topological polar surface area (TPSA) is 47.0 Å². The summed E-state index contributed by atoms with van der Waals surface area (Å²) in [7, 11) is 1.66. The van der Waals surface area contributed by atoms with Gasteiger partial charge in [0.25, 0.3) is 0 Å². The first-order chi connectivity index (χ1) is 9.79. The van der Waals surface area contributed by atoms with Crippen LogP contribution in [0.15, 0.2) is 28.9 Å². The third kappa shape index (κ3) is 3.94. The average Bonchev–Trinajstić information content (AvgIpc) is 2.37. The van der Waals surface area contributed by atoms with Crippen LogP contribution in [0.3, 0.4) is 0 Å². The van der Waals surface area contributed by atoms with Gasteiger partial charge in [-0.1, -0.05) is 26.8 Å². The van der Waals surface area contributed by atoms with E-state index in [0.717, 1.165) is 33.2 Å². The average molecular weight is 350 g/mol. The fourth-order valence-corrected chi connectivity index (χ4v) is 2.26. The molecule has 0 atom stereocenters. The van der Waals surface area contributed by atoms with E-state index in [1.165, 1.54) is 0 Å². The summed E-state index contributed by atoms with van der Waals surface area (Å²) < 4.78 is 6.14. The van der Waals surface area contributed by atoms with Gasteiger partial charge in [0, 0.05) is 11.5 Å². The first-order valence-corrected chi connectivity index (χ1v) is 7.55. The smallest absolute Gasteiger partial charge is 0.142 e. The van der Waals surface area contributed by atoms with Crippen LogP contribution in [0.25, 0.3) is 0 Å². The SMILES string of the molecule is COc1ccc(C)cc1Nc1cc(Br)nc(C(C)(C)C)n1. The third-order valence-corrected chi connectivity index (χ3v) is 3.39. The third-order valence-electron chi connectivity index (χ3n) is 2.98. The highest BCUT2D eigenvalue weighted by atomic mass is 79.9. The van der Waals surface area contributed by atoms with Crippen LogP contribution in [0.2, 0.25) is 0 Å². The minimum absolute atomic E-state index is 0.114. The predicted molar refractivity (Wildman–Crippen MR) is 89.4 cm³/mol. The molecule has 0 bridgehead atoms. The molecule has 1 heterocycles. The fraction of sp³-hybridized carbons (Fsp3) is 0.375. The summed E-state index contributed by atoms with van der Waals surface area (Å²) in [6, 6.07) is 7.85. The summed E-state index contributed by atoms with van der Waals surface area (Å²) in [4.78, 5) is 9.04. The highest BCUT2D eigenvalue weighted by molar-refractivity contribution is 9.10. The van der Waals surface area contributed by atoms with E-state index < -0.39 is 0 Å². The monoisotopic (exact) mass is 349 g/mol. The van der Waals surface area contributed by atoms with Crippen LogP contribution in [0.4, 0.5) is 11.5 Å². The lowest BCUT2D eigenvalue weighted by molar-refractivity contribution is 0.416. The molecule has 0 fully saturated rings. The van der Waals surface area contributed by atoms with E-state index in [2.05, 4.69) is 52.0 Å². The maximum atomic E-state index is 5.38. The Balaban J connectivity index is 2.40. The molecule has 2 rings (SSSR count). The first kappa shape index (κ1) is 15.8. The zero-order valence-electron chi connectivity index (χ0n) is 13.0. The Kier molecular flexibility index (Phi) is 4.52. The lowest BCUT2D eigenvalue weighted by Crippen LogP contribution is -2.17. The van der Waals surface area contributed by atoms with E-state index >= 15 is 0 Å². The second kappa shape index (κ2) is 6.02. The summed E-state index contributed by atoms with van der Waals surface area (Å²) in [6.07, 6.45) is 0. The summed E-state index contributed by atoms with van der Waals surface area (Å²) >= 11 is 3.45. The van der Waals surface area contributed by atoms with Crippen molar-refractivity contribution >= 4 is 27.4 Å². The van der Waals surface area contributed by atoms with Gasteiger partial charge in [0.15, 0.2) is 0 Å². The fourth-order valence-electron chi connectivity index (χ4n) is 1.87. The van der Waals surface area contributed by atoms with Crippen LogP contribution >= 0.6 is 15.9 Å². The van der Waals surface area contributed by atoms with Gasteiger partial charge in [0.1, 0.15) is 22.0 Å². The normalized spacial score (nSPS) is 11.3. The zero-order chi connectivity index (χ0) is 15.6. The maximum absolute atomic E-state index is 5.38. The van der Waals surface area contributed by atoms with Crippen molar-refractivity contribution in [2.24, 2.45) is 0 Å². The lowest BCUT2D eigenvalue weighted by Gasteiger charge is -2.18. The van der Waals surface area contributed by atoms with Crippen LogP contribution in [0, 0.1) is 6.92 Å². The molecule has 0 spiro atoms. The van der Waals surface area contributed by atoms with Crippen LogP contribution in [0.5, 0.6) is 5.75 Å². The number of aryl methyl sites for hydroxylation is 1. The highest BCUT2D eigenvalue weighted by Crippen LogP contribution is 2.29. The van der Waals surface area contributed by atoms with Crippen LogP contribution < -0.4 is 10.1 Å². The van der Waals surface area contributed by atoms with Gasteiger partial charge in [-0.25, -0.2) is 9.97 Å². The number of hydrogen-bond donors (Lipinski definition) is 1. The number of rotatable bonds is 3. The number of nitrogens with one attached hydrogen (secondary N) is 1. The maximum Gasteiger partial charge on any atom is 0.142 e. The molecule has 1 N–H and O–H groups in total. The highest BCUT2D eigenvalue weighted by Gasteiger charge is 2.19. The van der Waals surface area contributed by atoms with Crippen molar-refractivity contribution in [2.45, 2.75) is 33.1 Å². The number of nitrogens with zero attached hydrogens (tertiary/aromatic N) is 2. The van der Waals surface area contributed by atoms with Gasteiger partial charge in [-0.2, -0.15) is 0 Å². The lowest BCUT2D eigenvalue weighted by atomic mass is 9.96. The molecule has 0 saturated carbocycles. The molecule has 0 aliphatic carbocycles. The quantitative estimate of drug-likeness (QED) is 0.822. The molecule has 0 unspecified atom stereocenters. The van der Waals surface area contributed by atoms with Gasteiger partial charge < -0.3 is 10.1 Å². The molecule has 2 aromatic rings. The van der Waals surface area contributed by atoms with Crippen LogP contribution in [-0.4, -0.2) is 17.1 Å². The van der Waals surface area contributed by atoms with Gasteiger partial charge >= 0.3 is 0 Å². The van der Waals surface area contributed by atoms with Gasteiger partial charge in [-0.3, -0.25) is 0 Å². The van der Waals surface area contributed by atoms with Gasteiger partial charge in [-0.15, -0.1) is 0 Å². The van der Waals surface area contributed by atoms with Crippen LogP contribution in [0.1, 0.15) is 32.2 Å². The molecular formula is C16H20BrN3O. The van der Waals surface area contributed by atoms with E-state index in [-0.39, 0.29) is 5.41 Å². The number of aromatic nitrogens is 2. The molecular weight excluding hydrogens is 330 g/mol. The van der Waals surface area contributed by atoms with Gasteiger partial charge in [0.05, 0.1) is 12.8 Å². The van der Waals surface area contributed by atoms with E-state index in [1.54, 1.807) is 7.11 Å². The largest absolute Gasteiger partial charge is 0.495 e. The zero-order valence-corrected chi connectivity index (χ0v) is 14.6. The second-order valence-corrected chi connectivity index (χ2v) is 6.79. The molecule has 0 saturated heterocycles. The Hall–Kier alpha value is -1.62. The van der Waals surface area contributed by atoms with Crippen molar-refractivity contribution in [3.8, 4) is 5.75 Å². The number of anilines is 2. The Morgan fingerprint density at radius 1 is 1.14 bits per heavy atom. The Morgan fingerprint density at radius 3 is 2.48 bits per heavy atom. The minimum atomic E-state index is -0.114. The predicted octanol–water partition coefficient (Wildman–Crippen LogP) is 4.60. The second-order valence-electron chi connectivity index (χ2n) is 5.98. The first-order valence-electron chi connectivity index (χ1n) is 6.76. The number of halogens is 1. The van der Waals surface area contributed by atoms with Crippen molar-refractivity contribution in [1.82, 2.24) is 9.97 Å². The van der Waals surface area contributed by atoms with E-state index in [0.29, 0.717) is 0 Å². The molecule has 0 aliphatic rings. The van der Waals surface area contributed by atoms with Gasteiger partial charge in [-0.05, 0) is 40.5 Å². The number of hydrogen-bond acceptors (Lipinski definition) is 4. The Bertz CT molecular complexity index is 650. The summed E-state index contributed by atoms with van der Waals surface area (Å²) in [5.74, 6) is 2.31. The summed E-state index contributed by atoms with van der Waals surface area (Å²) in [5, 5.41) is 3.31. The van der Waals surface area contributed by atoms with E-state index in [1.807, 2.05) is 31.2 Å². The van der Waals surface area contributed by atoms with Crippen LogP contribution in [-0.2, 0) is 5.41 Å². The van der Waals surface area contributed by atoms with Crippen molar-refractivity contribution in [1.29, 1.82) is 0 Å². The summed E-state index contributed by atoms with van der Waals surface area (Å²) in [5.41, 5.74) is 1.93. The molecule has 0 amide bonds. The number of benzene rings is 1. The van der Waals surface area contributed by atoms with E-state index in [9.17, 15) is 0 Å². The molecule has 0 aliphatic heterocycles. The van der Waals surface area contributed by atoms with Crippen molar-refractivity contribution < 1.29 is 4.74 Å². The molecule has 1 aromatic heterocycles. The van der Waals surface area contributed by atoms with E-state index in [4.69, 9.17) is 4.74 Å². The minimum Gasteiger partial charge on any atom is -0.495 e. The van der Waals surface area contributed by atoms with Crippen molar-refractivity contribution in [2.75, 3.05) is 12.4 Å². The standard InChI is InChI=1S/C16H20BrN3O/c1-10-6-7-12(21-5)11(8-10)18-14-9-13(17)19-15(20-14)16(2,3)4/h6-9H,1-5H3,(H,18,19,20). The van der Waals surface area contributed by atoms with Gasteiger partial charge in [0.2, 0.25) is 0 Å². The molecule has 112 valence electrons. The molecule has 4 nitrogen and oxygen atoms in total. The number of methoxy groups -OCH3 is 1. The Labute approximate surface area is 134 Å². The van der Waals surface area contributed by atoms with Crippen molar-refractivity contribution in [3.63, 3.8) is 0 Å². The summed E-state index contributed by atoms with van der Waals surface area (Å²) in [6.45, 7) is 8.31. The molecule has 0 radical (unpaired) electrons. The number of ether oxygens (including phenoxy) is 1. The van der Waals surface area contributed by atoms with Crippen molar-refractivity contribution in [3.05, 3.63) is 40.3 Å². The molecule has 5 heteroatoms. The Morgan fingerprint density at radius 2 is 1.86 bits per heavy atom.